The van der Waals surface area contributed by atoms with Gasteiger partial charge in [-0.05, 0) is 42.7 Å². The number of hydrogen-bond donors (Lipinski definition) is 2. The molecule has 2 rings (SSSR count). The minimum atomic E-state index is -0.201. The number of benzene rings is 2. The summed E-state index contributed by atoms with van der Waals surface area (Å²) in [6, 6.07) is 14.7. The zero-order valence-corrected chi connectivity index (χ0v) is 10.2. The van der Waals surface area contributed by atoms with E-state index in [4.69, 9.17) is 5.11 Å². The third kappa shape index (κ3) is 3.46. The Morgan fingerprint density at radius 1 is 1.12 bits per heavy atom. The summed E-state index contributed by atoms with van der Waals surface area (Å²) < 4.78 is 0. The number of fused-ring (bicyclic) bond motifs is 1. The Morgan fingerprint density at radius 2 is 1.88 bits per heavy atom. The Bertz CT molecular complexity index is 479. The lowest BCUT2D eigenvalue weighted by Crippen LogP contribution is -2.06. The maximum atomic E-state index is 9.16. The van der Waals surface area contributed by atoms with Crippen LogP contribution in [-0.2, 0) is 0 Å². The van der Waals surface area contributed by atoms with Gasteiger partial charge in [0, 0.05) is 12.2 Å². The summed E-state index contributed by atoms with van der Waals surface area (Å²) in [5, 5.41) is 15.1. The van der Waals surface area contributed by atoms with Crippen molar-refractivity contribution >= 4 is 16.5 Å². The molecule has 0 heterocycles. The molecule has 0 aliphatic carbocycles. The summed E-state index contributed by atoms with van der Waals surface area (Å²) in [7, 11) is 0. The number of hydrogen-bond acceptors (Lipinski definition) is 2. The average molecular weight is 229 g/mol. The summed E-state index contributed by atoms with van der Waals surface area (Å²) in [5.74, 6) is 0. The van der Waals surface area contributed by atoms with Crippen LogP contribution in [0.3, 0.4) is 0 Å². The Hall–Kier alpha value is -1.54. The van der Waals surface area contributed by atoms with E-state index in [0.29, 0.717) is 0 Å². The van der Waals surface area contributed by atoms with E-state index in [1.807, 2.05) is 6.92 Å². The van der Waals surface area contributed by atoms with Crippen LogP contribution in [0.1, 0.15) is 19.8 Å². The number of aliphatic hydroxyl groups is 1. The monoisotopic (exact) mass is 229 g/mol. The van der Waals surface area contributed by atoms with E-state index in [1.54, 1.807) is 0 Å². The molecular formula is C15H19NO. The zero-order chi connectivity index (χ0) is 12.1. The fraction of sp³-hybridized carbons (Fsp3) is 0.333. The van der Waals surface area contributed by atoms with Crippen molar-refractivity contribution in [2.45, 2.75) is 25.9 Å². The summed E-state index contributed by atoms with van der Waals surface area (Å²) in [4.78, 5) is 0. The van der Waals surface area contributed by atoms with Gasteiger partial charge in [0.1, 0.15) is 0 Å². The van der Waals surface area contributed by atoms with Crippen LogP contribution in [0.15, 0.2) is 42.5 Å². The minimum Gasteiger partial charge on any atom is -0.393 e. The van der Waals surface area contributed by atoms with Crippen molar-refractivity contribution < 1.29 is 5.11 Å². The summed E-state index contributed by atoms with van der Waals surface area (Å²) >= 11 is 0. The van der Waals surface area contributed by atoms with Crippen molar-refractivity contribution in [2.24, 2.45) is 0 Å². The molecule has 17 heavy (non-hydrogen) atoms. The van der Waals surface area contributed by atoms with Gasteiger partial charge in [0.05, 0.1) is 6.10 Å². The van der Waals surface area contributed by atoms with Crippen LogP contribution in [-0.4, -0.2) is 17.8 Å². The fourth-order valence-electron chi connectivity index (χ4n) is 1.93. The minimum absolute atomic E-state index is 0.201. The molecule has 0 radical (unpaired) electrons. The molecule has 0 aliphatic rings. The van der Waals surface area contributed by atoms with Gasteiger partial charge in [-0.2, -0.15) is 0 Å². The Kier molecular flexibility index (Phi) is 3.99. The largest absolute Gasteiger partial charge is 0.393 e. The Morgan fingerprint density at radius 3 is 2.65 bits per heavy atom. The molecule has 2 aromatic rings. The highest BCUT2D eigenvalue weighted by molar-refractivity contribution is 5.85. The van der Waals surface area contributed by atoms with E-state index in [2.05, 4.69) is 47.8 Å². The zero-order valence-electron chi connectivity index (χ0n) is 10.2. The average Bonchev–Trinajstić information content (AvgIpc) is 2.34. The molecule has 0 aromatic heterocycles. The maximum absolute atomic E-state index is 9.16. The lowest BCUT2D eigenvalue weighted by molar-refractivity contribution is 0.183. The molecule has 0 aliphatic heterocycles. The molecule has 2 N–H and O–H groups in total. The van der Waals surface area contributed by atoms with E-state index in [1.165, 1.54) is 10.8 Å². The van der Waals surface area contributed by atoms with Crippen LogP contribution in [0.25, 0.3) is 10.8 Å². The first kappa shape index (κ1) is 11.9. The first-order chi connectivity index (χ1) is 8.25. The molecule has 2 aromatic carbocycles. The van der Waals surface area contributed by atoms with E-state index < -0.39 is 0 Å². The lowest BCUT2D eigenvalue weighted by atomic mass is 10.1. The van der Waals surface area contributed by atoms with E-state index in [9.17, 15) is 0 Å². The lowest BCUT2D eigenvalue weighted by Gasteiger charge is -2.08. The molecule has 0 fully saturated rings. The van der Waals surface area contributed by atoms with Crippen LogP contribution in [0, 0.1) is 0 Å². The first-order valence-electron chi connectivity index (χ1n) is 6.16. The topological polar surface area (TPSA) is 32.3 Å². The first-order valence-corrected chi connectivity index (χ1v) is 6.16. The fourth-order valence-corrected chi connectivity index (χ4v) is 1.93. The smallest absolute Gasteiger partial charge is 0.0512 e. The van der Waals surface area contributed by atoms with Crippen LogP contribution < -0.4 is 5.32 Å². The van der Waals surface area contributed by atoms with Crippen molar-refractivity contribution in [1.82, 2.24) is 0 Å². The second-order valence-corrected chi connectivity index (χ2v) is 4.48. The molecule has 1 atom stereocenters. The highest BCUT2D eigenvalue weighted by Crippen LogP contribution is 2.18. The molecule has 0 saturated heterocycles. The number of rotatable bonds is 5. The standard InChI is InChI=1S/C15H19NO/c1-12(17)5-4-10-16-15-9-8-13-6-2-3-7-14(13)11-15/h2-3,6-9,11-12,16-17H,4-5,10H2,1H3. The highest BCUT2D eigenvalue weighted by atomic mass is 16.3. The molecule has 0 amide bonds. The number of aliphatic hydroxyl groups excluding tert-OH is 1. The summed E-state index contributed by atoms with van der Waals surface area (Å²) in [5.41, 5.74) is 1.15. The van der Waals surface area contributed by atoms with Gasteiger partial charge in [-0.15, -0.1) is 0 Å². The molecule has 1 unspecified atom stereocenters. The van der Waals surface area contributed by atoms with Gasteiger partial charge in [0.15, 0.2) is 0 Å². The molecule has 90 valence electrons. The second kappa shape index (κ2) is 5.69. The van der Waals surface area contributed by atoms with Gasteiger partial charge < -0.3 is 10.4 Å². The third-order valence-corrected chi connectivity index (χ3v) is 2.88. The van der Waals surface area contributed by atoms with Gasteiger partial charge >= 0.3 is 0 Å². The van der Waals surface area contributed by atoms with Crippen LogP contribution in [0.4, 0.5) is 5.69 Å². The van der Waals surface area contributed by atoms with E-state index in [-0.39, 0.29) is 6.10 Å². The van der Waals surface area contributed by atoms with Gasteiger partial charge in [0.2, 0.25) is 0 Å². The van der Waals surface area contributed by atoms with Crippen LogP contribution >= 0.6 is 0 Å². The van der Waals surface area contributed by atoms with Crippen molar-refractivity contribution in [3.8, 4) is 0 Å². The molecule has 0 spiro atoms. The highest BCUT2D eigenvalue weighted by Gasteiger charge is 1.97. The molecule has 0 saturated carbocycles. The van der Waals surface area contributed by atoms with Gasteiger partial charge in [-0.1, -0.05) is 30.3 Å². The predicted molar refractivity (Wildman–Crippen MR) is 73.4 cm³/mol. The van der Waals surface area contributed by atoms with Crippen molar-refractivity contribution in [3.63, 3.8) is 0 Å². The van der Waals surface area contributed by atoms with Crippen LogP contribution in [0.2, 0.25) is 0 Å². The third-order valence-electron chi connectivity index (χ3n) is 2.88. The summed E-state index contributed by atoms with van der Waals surface area (Å²) in [6.07, 6.45) is 1.64. The predicted octanol–water partition coefficient (Wildman–Crippen LogP) is 3.41. The van der Waals surface area contributed by atoms with Gasteiger partial charge in [0.25, 0.3) is 0 Å². The maximum Gasteiger partial charge on any atom is 0.0512 e. The van der Waals surface area contributed by atoms with Crippen LogP contribution in [0.5, 0.6) is 0 Å². The van der Waals surface area contributed by atoms with Crippen molar-refractivity contribution in [2.75, 3.05) is 11.9 Å². The molecule has 2 nitrogen and oxygen atoms in total. The van der Waals surface area contributed by atoms with E-state index >= 15 is 0 Å². The summed E-state index contributed by atoms with van der Waals surface area (Å²) in [6.45, 7) is 2.74. The number of nitrogens with one attached hydrogen (secondary N) is 1. The van der Waals surface area contributed by atoms with Crippen molar-refractivity contribution in [3.05, 3.63) is 42.5 Å². The normalized spacial score (nSPS) is 12.6. The van der Waals surface area contributed by atoms with E-state index in [0.717, 1.165) is 25.1 Å². The van der Waals surface area contributed by atoms with Crippen molar-refractivity contribution in [1.29, 1.82) is 0 Å². The second-order valence-electron chi connectivity index (χ2n) is 4.48. The quantitative estimate of drug-likeness (QED) is 0.770. The number of anilines is 1. The SMILES string of the molecule is CC(O)CCCNc1ccc2ccccc2c1. The Balaban J connectivity index is 1.95. The Labute approximate surface area is 102 Å². The molecule has 2 heteroatoms. The molecular weight excluding hydrogens is 210 g/mol. The van der Waals surface area contributed by atoms with Gasteiger partial charge in [-0.25, -0.2) is 0 Å². The van der Waals surface area contributed by atoms with Gasteiger partial charge in [-0.3, -0.25) is 0 Å². The molecule has 0 bridgehead atoms.